The van der Waals surface area contributed by atoms with Gasteiger partial charge in [0.1, 0.15) is 5.82 Å². The second-order valence-electron chi connectivity index (χ2n) is 7.55. The van der Waals surface area contributed by atoms with Gasteiger partial charge in [-0.25, -0.2) is 4.39 Å². The Kier molecular flexibility index (Phi) is 5.94. The predicted molar refractivity (Wildman–Crippen MR) is 99.2 cm³/mol. The van der Waals surface area contributed by atoms with Crippen LogP contribution in [0, 0.1) is 11.7 Å². The van der Waals surface area contributed by atoms with E-state index in [-0.39, 0.29) is 11.7 Å². The fraction of sp³-hybridized carbons (Fsp3) is 0.650. The van der Waals surface area contributed by atoms with Crippen LogP contribution in [-0.2, 0) is 4.79 Å². The Morgan fingerprint density at radius 3 is 2.32 bits per heavy atom. The first-order valence-electron chi connectivity index (χ1n) is 9.58. The number of anilines is 1. The highest BCUT2D eigenvalue weighted by molar-refractivity contribution is 5.79. The summed E-state index contributed by atoms with van der Waals surface area (Å²) < 4.78 is 13.1. The van der Waals surface area contributed by atoms with Gasteiger partial charge in [0.2, 0.25) is 5.91 Å². The maximum Gasteiger partial charge on any atom is 0.225 e. The summed E-state index contributed by atoms with van der Waals surface area (Å²) >= 11 is 0. The zero-order chi connectivity index (χ0) is 17.8. The van der Waals surface area contributed by atoms with Gasteiger partial charge in [0.05, 0.1) is 0 Å². The largest absolute Gasteiger partial charge is 0.370 e. The van der Waals surface area contributed by atoms with E-state index in [1.54, 1.807) is 0 Å². The normalized spacial score (nSPS) is 20.8. The Bertz CT molecular complexity index is 567. The van der Waals surface area contributed by atoms with Gasteiger partial charge in [-0.05, 0) is 70.5 Å². The molecule has 1 aromatic carbocycles. The van der Waals surface area contributed by atoms with E-state index in [0.29, 0.717) is 11.9 Å². The molecule has 2 heterocycles. The van der Waals surface area contributed by atoms with Crippen molar-refractivity contribution in [3.05, 3.63) is 30.1 Å². The van der Waals surface area contributed by atoms with Crippen LogP contribution in [0.15, 0.2) is 24.3 Å². The quantitative estimate of drug-likeness (QED) is 0.841. The van der Waals surface area contributed by atoms with E-state index in [1.807, 2.05) is 12.1 Å². The van der Waals surface area contributed by atoms with Crippen molar-refractivity contribution in [2.75, 3.05) is 44.2 Å². The summed E-state index contributed by atoms with van der Waals surface area (Å²) in [6.07, 6.45) is 2.93. The highest BCUT2D eigenvalue weighted by Crippen LogP contribution is 2.23. The molecule has 0 aliphatic carbocycles. The van der Waals surface area contributed by atoms with Gasteiger partial charge in [-0.3, -0.25) is 4.79 Å². The molecule has 2 aliphatic rings. The lowest BCUT2D eigenvalue weighted by atomic mass is 9.94. The third-order valence-electron chi connectivity index (χ3n) is 5.61. The second kappa shape index (κ2) is 8.17. The van der Waals surface area contributed by atoms with Gasteiger partial charge < -0.3 is 14.7 Å². The van der Waals surface area contributed by atoms with E-state index in [0.717, 1.165) is 64.2 Å². The van der Waals surface area contributed by atoms with Crippen molar-refractivity contribution in [1.29, 1.82) is 0 Å². The molecule has 0 saturated carbocycles. The molecule has 0 bridgehead atoms. The van der Waals surface area contributed by atoms with Gasteiger partial charge in [-0.2, -0.15) is 0 Å². The molecule has 1 amide bonds. The number of benzene rings is 1. The number of likely N-dealkylation sites (tertiary alicyclic amines) is 1. The number of halogens is 1. The Morgan fingerprint density at radius 1 is 1.00 bits per heavy atom. The zero-order valence-corrected chi connectivity index (χ0v) is 15.5. The molecule has 2 saturated heterocycles. The smallest absolute Gasteiger partial charge is 0.225 e. The molecule has 0 spiro atoms. The minimum Gasteiger partial charge on any atom is -0.370 e. The molecule has 2 fully saturated rings. The van der Waals surface area contributed by atoms with Gasteiger partial charge in [-0.1, -0.05) is 0 Å². The zero-order valence-electron chi connectivity index (χ0n) is 15.5. The maximum absolute atomic E-state index is 13.1. The summed E-state index contributed by atoms with van der Waals surface area (Å²) in [7, 11) is 0. The van der Waals surface area contributed by atoms with Crippen molar-refractivity contribution in [2.45, 2.75) is 39.2 Å². The van der Waals surface area contributed by atoms with Gasteiger partial charge in [-0.15, -0.1) is 0 Å². The van der Waals surface area contributed by atoms with E-state index in [9.17, 15) is 9.18 Å². The predicted octanol–water partition coefficient (Wildman–Crippen LogP) is 2.98. The summed E-state index contributed by atoms with van der Waals surface area (Å²) in [5.41, 5.74) is 1.04. The summed E-state index contributed by atoms with van der Waals surface area (Å²) in [6.45, 7) is 9.85. The molecule has 0 radical (unpaired) electrons. The Balaban J connectivity index is 1.54. The molecule has 2 aliphatic heterocycles. The third-order valence-corrected chi connectivity index (χ3v) is 5.61. The van der Waals surface area contributed by atoms with Gasteiger partial charge in [0, 0.05) is 43.8 Å². The van der Waals surface area contributed by atoms with Crippen molar-refractivity contribution in [1.82, 2.24) is 9.80 Å². The molecule has 25 heavy (non-hydrogen) atoms. The molecule has 5 heteroatoms. The number of rotatable bonds is 3. The van der Waals surface area contributed by atoms with Crippen molar-refractivity contribution < 1.29 is 9.18 Å². The number of hydrogen-bond acceptors (Lipinski definition) is 3. The monoisotopic (exact) mass is 347 g/mol. The average molecular weight is 347 g/mol. The Hall–Kier alpha value is -1.62. The number of piperidine rings is 1. The van der Waals surface area contributed by atoms with E-state index < -0.39 is 0 Å². The first-order valence-corrected chi connectivity index (χ1v) is 9.58. The Labute approximate surface area is 150 Å². The number of hydrogen-bond donors (Lipinski definition) is 0. The summed E-state index contributed by atoms with van der Waals surface area (Å²) in [5.74, 6) is 0.319. The topological polar surface area (TPSA) is 26.8 Å². The highest BCUT2D eigenvalue weighted by atomic mass is 19.1. The van der Waals surface area contributed by atoms with Gasteiger partial charge in [0.15, 0.2) is 0 Å². The van der Waals surface area contributed by atoms with Crippen LogP contribution < -0.4 is 4.90 Å². The molecule has 0 atom stereocenters. The minimum atomic E-state index is -0.205. The van der Waals surface area contributed by atoms with Crippen LogP contribution in [0.1, 0.15) is 33.1 Å². The van der Waals surface area contributed by atoms with Crippen LogP contribution in [0.4, 0.5) is 10.1 Å². The number of amides is 1. The fourth-order valence-corrected chi connectivity index (χ4v) is 3.97. The van der Waals surface area contributed by atoms with Crippen molar-refractivity contribution in [3.63, 3.8) is 0 Å². The molecule has 0 unspecified atom stereocenters. The molecular formula is C20H30FN3O. The minimum absolute atomic E-state index is 0.187. The molecule has 3 rings (SSSR count). The van der Waals surface area contributed by atoms with Gasteiger partial charge in [0.25, 0.3) is 0 Å². The molecule has 1 aromatic rings. The van der Waals surface area contributed by atoms with E-state index in [1.165, 1.54) is 12.1 Å². The maximum atomic E-state index is 13.1. The lowest BCUT2D eigenvalue weighted by molar-refractivity contribution is -0.137. The van der Waals surface area contributed by atoms with Gasteiger partial charge >= 0.3 is 0 Å². The van der Waals surface area contributed by atoms with Crippen molar-refractivity contribution in [3.8, 4) is 0 Å². The van der Waals surface area contributed by atoms with E-state index in [2.05, 4.69) is 28.5 Å². The Morgan fingerprint density at radius 2 is 1.68 bits per heavy atom. The summed E-state index contributed by atoms with van der Waals surface area (Å²) in [4.78, 5) is 19.7. The molecule has 0 aromatic heterocycles. The molecule has 0 N–H and O–H groups in total. The lowest BCUT2D eigenvalue weighted by Gasteiger charge is -2.36. The van der Waals surface area contributed by atoms with Crippen LogP contribution in [-0.4, -0.2) is 61.0 Å². The first kappa shape index (κ1) is 18.2. The number of nitrogens with zero attached hydrogens (tertiary/aromatic N) is 3. The summed E-state index contributed by atoms with van der Waals surface area (Å²) in [6, 6.07) is 7.23. The van der Waals surface area contributed by atoms with E-state index in [4.69, 9.17) is 0 Å². The summed E-state index contributed by atoms with van der Waals surface area (Å²) in [5, 5.41) is 0. The molecule has 138 valence electrons. The number of carbonyl (C=O) groups excluding carboxylic acids is 1. The van der Waals surface area contributed by atoms with Crippen LogP contribution in [0.3, 0.4) is 0 Å². The van der Waals surface area contributed by atoms with E-state index >= 15 is 0 Å². The SMILES string of the molecule is CC(C)N1CCC(C(=O)N2CCCN(c3ccc(F)cc3)CC2)CC1. The third kappa shape index (κ3) is 4.51. The van der Waals surface area contributed by atoms with Crippen LogP contribution in [0.2, 0.25) is 0 Å². The van der Waals surface area contributed by atoms with Crippen molar-refractivity contribution in [2.24, 2.45) is 5.92 Å². The number of carbonyl (C=O) groups is 1. The molecule has 4 nitrogen and oxygen atoms in total. The first-order chi connectivity index (χ1) is 12.0. The fourth-order valence-electron chi connectivity index (χ4n) is 3.97. The average Bonchev–Trinajstić information content (AvgIpc) is 2.88. The van der Waals surface area contributed by atoms with Crippen LogP contribution in [0.5, 0.6) is 0 Å². The standard InChI is InChI=1S/C20H30FN3O/c1-16(2)22-12-8-17(9-13-22)20(25)24-11-3-10-23(14-15-24)19-6-4-18(21)5-7-19/h4-7,16-17H,3,8-15H2,1-2H3. The van der Waals surface area contributed by atoms with Crippen molar-refractivity contribution >= 4 is 11.6 Å². The highest BCUT2D eigenvalue weighted by Gasteiger charge is 2.30. The molecular weight excluding hydrogens is 317 g/mol. The lowest BCUT2D eigenvalue weighted by Crippen LogP contribution is -2.45. The second-order valence-corrected chi connectivity index (χ2v) is 7.55. The van der Waals surface area contributed by atoms with Crippen LogP contribution in [0.25, 0.3) is 0 Å². The van der Waals surface area contributed by atoms with Crippen LogP contribution >= 0.6 is 0 Å².